The molecule has 0 heterocycles. The summed E-state index contributed by atoms with van der Waals surface area (Å²) in [6.45, 7) is 6.25. The van der Waals surface area contributed by atoms with Crippen LogP contribution in [0.25, 0.3) is 0 Å². The van der Waals surface area contributed by atoms with E-state index in [1.54, 1.807) is 30.3 Å². The number of nitrogens with one attached hydrogen (secondary N) is 2. The van der Waals surface area contributed by atoms with Gasteiger partial charge in [-0.15, -0.1) is 0 Å². The molecular formula is C18H20N2O2S. The van der Waals surface area contributed by atoms with Crippen molar-refractivity contribution in [1.29, 1.82) is 0 Å². The van der Waals surface area contributed by atoms with Crippen molar-refractivity contribution in [2.45, 2.75) is 26.2 Å². The van der Waals surface area contributed by atoms with Crippen LogP contribution in [0, 0.1) is 0 Å². The van der Waals surface area contributed by atoms with E-state index in [-0.39, 0.29) is 22.2 Å². The third-order valence-corrected chi connectivity index (χ3v) is 3.58. The van der Waals surface area contributed by atoms with E-state index in [1.165, 1.54) is 0 Å². The highest BCUT2D eigenvalue weighted by Crippen LogP contribution is 2.30. The van der Waals surface area contributed by atoms with Crippen molar-refractivity contribution in [3.8, 4) is 5.75 Å². The van der Waals surface area contributed by atoms with E-state index in [4.69, 9.17) is 12.2 Å². The molecule has 0 saturated carbocycles. The van der Waals surface area contributed by atoms with Crippen molar-refractivity contribution >= 4 is 28.9 Å². The Morgan fingerprint density at radius 2 is 1.74 bits per heavy atom. The molecular weight excluding hydrogens is 308 g/mol. The molecule has 2 rings (SSSR count). The molecule has 120 valence electrons. The number of carbonyl (C=O) groups excluding carboxylic acids is 1. The zero-order valence-electron chi connectivity index (χ0n) is 13.4. The van der Waals surface area contributed by atoms with Crippen LogP contribution in [0.15, 0.2) is 48.5 Å². The van der Waals surface area contributed by atoms with Crippen LogP contribution in [-0.4, -0.2) is 16.1 Å². The first-order valence-corrected chi connectivity index (χ1v) is 7.69. The highest BCUT2D eigenvalue weighted by atomic mass is 32.1. The summed E-state index contributed by atoms with van der Waals surface area (Å²) in [5.41, 5.74) is 1.98. The molecule has 5 heteroatoms. The van der Waals surface area contributed by atoms with Gasteiger partial charge in [0.15, 0.2) is 5.11 Å². The molecule has 0 aromatic heterocycles. The number of phenols is 1. The lowest BCUT2D eigenvalue weighted by atomic mass is 9.87. The monoisotopic (exact) mass is 328 g/mol. The summed E-state index contributed by atoms with van der Waals surface area (Å²) in [6.07, 6.45) is 0. The van der Waals surface area contributed by atoms with Gasteiger partial charge in [-0.05, 0) is 47.5 Å². The van der Waals surface area contributed by atoms with E-state index < -0.39 is 0 Å². The van der Waals surface area contributed by atoms with Crippen LogP contribution in [0.2, 0.25) is 0 Å². The van der Waals surface area contributed by atoms with Crippen molar-refractivity contribution in [2.75, 3.05) is 5.32 Å². The van der Waals surface area contributed by atoms with E-state index in [0.29, 0.717) is 11.3 Å². The van der Waals surface area contributed by atoms with Gasteiger partial charge < -0.3 is 10.4 Å². The van der Waals surface area contributed by atoms with Gasteiger partial charge in [-0.1, -0.05) is 45.0 Å². The van der Waals surface area contributed by atoms with Crippen LogP contribution in [-0.2, 0) is 5.41 Å². The Balaban J connectivity index is 2.10. The quantitative estimate of drug-likeness (QED) is 0.579. The minimum atomic E-state index is -0.297. The second-order valence-corrected chi connectivity index (χ2v) is 6.66. The van der Waals surface area contributed by atoms with Gasteiger partial charge in [-0.3, -0.25) is 10.1 Å². The molecule has 0 bridgehead atoms. The first-order valence-electron chi connectivity index (χ1n) is 7.28. The van der Waals surface area contributed by atoms with Crippen molar-refractivity contribution in [3.05, 3.63) is 59.7 Å². The molecule has 0 aliphatic heterocycles. The van der Waals surface area contributed by atoms with Gasteiger partial charge in [-0.25, -0.2) is 0 Å². The lowest BCUT2D eigenvalue weighted by molar-refractivity contribution is 0.0977. The maximum atomic E-state index is 12.1. The third-order valence-electron chi connectivity index (χ3n) is 3.37. The number of hydrogen-bond donors (Lipinski definition) is 3. The number of carbonyl (C=O) groups is 1. The summed E-state index contributed by atoms with van der Waals surface area (Å²) in [5, 5.41) is 15.6. The second-order valence-electron chi connectivity index (χ2n) is 6.26. The van der Waals surface area contributed by atoms with Crippen LogP contribution in [0.4, 0.5) is 5.69 Å². The fourth-order valence-electron chi connectivity index (χ4n) is 2.02. The average Bonchev–Trinajstić information content (AvgIpc) is 2.49. The van der Waals surface area contributed by atoms with Gasteiger partial charge in [0, 0.05) is 5.56 Å². The highest BCUT2D eigenvalue weighted by molar-refractivity contribution is 7.80. The molecule has 0 fully saturated rings. The molecule has 3 N–H and O–H groups in total. The normalized spacial score (nSPS) is 10.9. The largest absolute Gasteiger partial charge is 0.506 e. The third kappa shape index (κ3) is 4.53. The number of phenolic OH excluding ortho intramolecular Hbond substituents is 1. The van der Waals surface area contributed by atoms with Crippen LogP contribution in [0.5, 0.6) is 5.75 Å². The molecule has 1 amide bonds. The van der Waals surface area contributed by atoms with Gasteiger partial charge in [0.1, 0.15) is 5.75 Å². The second kappa shape index (κ2) is 6.79. The maximum Gasteiger partial charge on any atom is 0.257 e. The van der Waals surface area contributed by atoms with Crippen molar-refractivity contribution in [1.82, 2.24) is 5.32 Å². The molecule has 0 aliphatic rings. The first-order chi connectivity index (χ1) is 10.8. The van der Waals surface area contributed by atoms with E-state index in [0.717, 1.165) is 5.56 Å². The lowest BCUT2D eigenvalue weighted by Crippen LogP contribution is -2.34. The predicted molar refractivity (Wildman–Crippen MR) is 96.9 cm³/mol. The predicted octanol–water partition coefficient (Wildman–Crippen LogP) is 3.82. The Hall–Kier alpha value is -2.40. The molecule has 0 unspecified atom stereocenters. The molecule has 4 nitrogen and oxygen atoms in total. The standard InChI is InChI=1S/C18H20N2O2S/c1-18(2,3)13-9-10-15(21)14(11-13)19-17(23)20-16(22)12-7-5-4-6-8-12/h4-11,21H,1-3H3,(H2,19,20,22,23). The zero-order valence-corrected chi connectivity index (χ0v) is 14.2. The number of anilines is 1. The molecule has 0 spiro atoms. The van der Waals surface area contributed by atoms with Gasteiger partial charge in [0.25, 0.3) is 5.91 Å². The topological polar surface area (TPSA) is 61.4 Å². The number of hydrogen-bond acceptors (Lipinski definition) is 3. The molecule has 0 radical (unpaired) electrons. The van der Waals surface area contributed by atoms with Crippen LogP contribution in [0.3, 0.4) is 0 Å². The maximum absolute atomic E-state index is 12.1. The number of amides is 1. The van der Waals surface area contributed by atoms with Crippen LogP contribution in [0.1, 0.15) is 36.7 Å². The zero-order chi connectivity index (χ0) is 17.0. The summed E-state index contributed by atoms with van der Waals surface area (Å²) in [7, 11) is 0. The highest BCUT2D eigenvalue weighted by Gasteiger charge is 2.16. The van der Waals surface area contributed by atoms with Crippen LogP contribution >= 0.6 is 12.2 Å². The summed E-state index contributed by atoms with van der Waals surface area (Å²) < 4.78 is 0. The van der Waals surface area contributed by atoms with Gasteiger partial charge in [-0.2, -0.15) is 0 Å². The number of aromatic hydroxyl groups is 1. The average molecular weight is 328 g/mol. The van der Waals surface area contributed by atoms with Gasteiger partial charge in [0.05, 0.1) is 5.69 Å². The fraction of sp³-hybridized carbons (Fsp3) is 0.222. The van der Waals surface area contributed by atoms with Crippen molar-refractivity contribution < 1.29 is 9.90 Å². The van der Waals surface area contributed by atoms with Gasteiger partial charge >= 0.3 is 0 Å². The van der Waals surface area contributed by atoms with Gasteiger partial charge in [0.2, 0.25) is 0 Å². The smallest absolute Gasteiger partial charge is 0.257 e. The minimum absolute atomic E-state index is 0.0565. The Morgan fingerprint density at radius 1 is 1.09 bits per heavy atom. The van der Waals surface area contributed by atoms with Crippen molar-refractivity contribution in [3.63, 3.8) is 0 Å². The van der Waals surface area contributed by atoms with E-state index in [9.17, 15) is 9.90 Å². The summed E-state index contributed by atoms with van der Waals surface area (Å²) in [4.78, 5) is 12.1. The Morgan fingerprint density at radius 3 is 2.35 bits per heavy atom. The molecule has 0 aliphatic carbocycles. The molecule has 2 aromatic carbocycles. The van der Waals surface area contributed by atoms with Crippen molar-refractivity contribution in [2.24, 2.45) is 0 Å². The Kier molecular flexibility index (Phi) is 5.01. The first kappa shape index (κ1) is 17.0. The molecule has 0 saturated heterocycles. The lowest BCUT2D eigenvalue weighted by Gasteiger charge is -2.21. The Bertz CT molecular complexity index is 722. The SMILES string of the molecule is CC(C)(C)c1ccc(O)c(NC(=S)NC(=O)c2ccccc2)c1. The van der Waals surface area contributed by atoms with Crippen LogP contribution < -0.4 is 10.6 Å². The number of benzene rings is 2. The number of thiocarbonyl (C=S) groups is 1. The summed E-state index contributed by atoms with van der Waals surface area (Å²) in [6, 6.07) is 14.1. The summed E-state index contributed by atoms with van der Waals surface area (Å²) >= 11 is 5.15. The minimum Gasteiger partial charge on any atom is -0.506 e. The van der Waals surface area contributed by atoms with E-state index in [2.05, 4.69) is 31.4 Å². The fourth-order valence-corrected chi connectivity index (χ4v) is 2.22. The molecule has 23 heavy (non-hydrogen) atoms. The molecule has 0 atom stereocenters. The summed E-state index contributed by atoms with van der Waals surface area (Å²) in [5.74, 6) is -0.219. The van der Waals surface area contributed by atoms with E-state index in [1.807, 2.05) is 18.2 Å². The molecule has 2 aromatic rings. The number of rotatable bonds is 2. The Labute approximate surface area is 141 Å². The van der Waals surface area contributed by atoms with E-state index >= 15 is 0 Å².